The Morgan fingerprint density at radius 3 is 2.60 bits per heavy atom. The fourth-order valence-electron chi connectivity index (χ4n) is 3.65. The lowest BCUT2D eigenvalue weighted by Crippen LogP contribution is -2.47. The SMILES string of the molecule is Cc1cccc(CNc2ccnc(N3CCN(C/C=C/c4ccccc4)CC3)n2)c1. The zero-order chi connectivity index (χ0) is 20.6. The van der Waals surface area contributed by atoms with Crippen LogP contribution >= 0.6 is 0 Å². The molecule has 30 heavy (non-hydrogen) atoms. The van der Waals surface area contributed by atoms with Crippen LogP contribution < -0.4 is 10.2 Å². The van der Waals surface area contributed by atoms with E-state index in [1.165, 1.54) is 16.7 Å². The lowest BCUT2D eigenvalue weighted by molar-refractivity contribution is 0.283. The summed E-state index contributed by atoms with van der Waals surface area (Å²) >= 11 is 0. The van der Waals surface area contributed by atoms with E-state index in [1.807, 2.05) is 18.3 Å². The van der Waals surface area contributed by atoms with Gasteiger partial charge in [0.05, 0.1) is 0 Å². The molecule has 0 unspecified atom stereocenters. The summed E-state index contributed by atoms with van der Waals surface area (Å²) in [5.74, 6) is 1.68. The summed E-state index contributed by atoms with van der Waals surface area (Å²) in [6, 6.07) is 20.9. The van der Waals surface area contributed by atoms with Crippen LogP contribution in [0, 0.1) is 6.92 Å². The smallest absolute Gasteiger partial charge is 0.227 e. The van der Waals surface area contributed by atoms with E-state index in [9.17, 15) is 0 Å². The molecule has 4 rings (SSSR count). The molecule has 2 aromatic carbocycles. The van der Waals surface area contributed by atoms with E-state index in [0.717, 1.165) is 51.0 Å². The normalized spacial score (nSPS) is 14.9. The Bertz CT molecular complexity index is 962. The van der Waals surface area contributed by atoms with Crippen LogP contribution in [0.4, 0.5) is 11.8 Å². The number of hydrogen-bond acceptors (Lipinski definition) is 5. The molecule has 1 aliphatic rings. The van der Waals surface area contributed by atoms with Crippen molar-refractivity contribution >= 4 is 17.8 Å². The van der Waals surface area contributed by atoms with Crippen molar-refractivity contribution in [1.82, 2.24) is 14.9 Å². The van der Waals surface area contributed by atoms with Crippen molar-refractivity contribution in [3.05, 3.63) is 89.6 Å². The minimum atomic E-state index is 0.764. The first-order valence-electron chi connectivity index (χ1n) is 10.6. The van der Waals surface area contributed by atoms with Crippen LogP contribution in [0.5, 0.6) is 0 Å². The molecule has 5 heteroatoms. The molecule has 0 saturated carbocycles. The number of aromatic nitrogens is 2. The Labute approximate surface area is 179 Å². The molecule has 2 heterocycles. The summed E-state index contributed by atoms with van der Waals surface area (Å²) in [6.07, 6.45) is 6.28. The molecule has 1 aromatic heterocycles. The molecule has 0 atom stereocenters. The third-order valence-electron chi connectivity index (χ3n) is 5.33. The summed E-state index contributed by atoms with van der Waals surface area (Å²) in [5.41, 5.74) is 3.78. The van der Waals surface area contributed by atoms with Crippen LogP contribution in [0.2, 0.25) is 0 Å². The van der Waals surface area contributed by atoms with Crippen LogP contribution in [-0.2, 0) is 6.54 Å². The second-order valence-corrected chi connectivity index (χ2v) is 7.69. The largest absolute Gasteiger partial charge is 0.366 e. The molecule has 1 N–H and O–H groups in total. The molecule has 1 aliphatic heterocycles. The highest BCUT2D eigenvalue weighted by Crippen LogP contribution is 2.15. The molecule has 0 radical (unpaired) electrons. The molecule has 5 nitrogen and oxygen atoms in total. The third kappa shape index (κ3) is 5.67. The summed E-state index contributed by atoms with van der Waals surface area (Å²) < 4.78 is 0. The van der Waals surface area contributed by atoms with Crippen molar-refractivity contribution in [2.45, 2.75) is 13.5 Å². The molecular formula is C25H29N5. The van der Waals surface area contributed by atoms with E-state index in [2.05, 4.69) is 87.7 Å². The van der Waals surface area contributed by atoms with Gasteiger partial charge in [0.15, 0.2) is 0 Å². The van der Waals surface area contributed by atoms with E-state index >= 15 is 0 Å². The van der Waals surface area contributed by atoms with Crippen LogP contribution in [0.3, 0.4) is 0 Å². The van der Waals surface area contributed by atoms with Crippen molar-refractivity contribution in [1.29, 1.82) is 0 Å². The third-order valence-corrected chi connectivity index (χ3v) is 5.33. The van der Waals surface area contributed by atoms with E-state index in [-0.39, 0.29) is 0 Å². The maximum absolute atomic E-state index is 4.73. The van der Waals surface area contributed by atoms with Crippen LogP contribution in [-0.4, -0.2) is 47.6 Å². The number of nitrogens with zero attached hydrogens (tertiary/aromatic N) is 4. The highest BCUT2D eigenvalue weighted by molar-refractivity contribution is 5.49. The van der Waals surface area contributed by atoms with Crippen molar-refractivity contribution in [3.8, 4) is 0 Å². The number of piperazine rings is 1. The highest BCUT2D eigenvalue weighted by Gasteiger charge is 2.18. The predicted octanol–water partition coefficient (Wildman–Crippen LogP) is 4.23. The van der Waals surface area contributed by atoms with Gasteiger partial charge in [-0.05, 0) is 24.1 Å². The first kappa shape index (κ1) is 20.1. The molecular weight excluding hydrogens is 370 g/mol. The maximum Gasteiger partial charge on any atom is 0.227 e. The van der Waals surface area contributed by atoms with E-state index < -0.39 is 0 Å². The Kier molecular flexibility index (Phi) is 6.72. The monoisotopic (exact) mass is 399 g/mol. The van der Waals surface area contributed by atoms with Gasteiger partial charge in [-0.15, -0.1) is 0 Å². The summed E-state index contributed by atoms with van der Waals surface area (Å²) in [7, 11) is 0. The van der Waals surface area contributed by atoms with Gasteiger partial charge in [0.1, 0.15) is 5.82 Å². The van der Waals surface area contributed by atoms with Gasteiger partial charge in [-0.2, -0.15) is 4.98 Å². The van der Waals surface area contributed by atoms with Crippen molar-refractivity contribution < 1.29 is 0 Å². The van der Waals surface area contributed by atoms with Gasteiger partial charge in [-0.3, -0.25) is 4.90 Å². The fraction of sp³-hybridized carbons (Fsp3) is 0.280. The lowest BCUT2D eigenvalue weighted by Gasteiger charge is -2.34. The molecule has 154 valence electrons. The molecule has 3 aromatic rings. The number of aryl methyl sites for hydroxylation is 1. The number of anilines is 2. The van der Waals surface area contributed by atoms with Gasteiger partial charge >= 0.3 is 0 Å². The quantitative estimate of drug-likeness (QED) is 0.644. The van der Waals surface area contributed by atoms with Gasteiger partial charge in [0.25, 0.3) is 0 Å². The number of hydrogen-bond donors (Lipinski definition) is 1. The molecule has 0 bridgehead atoms. The van der Waals surface area contributed by atoms with Gasteiger partial charge in [-0.25, -0.2) is 4.98 Å². The lowest BCUT2D eigenvalue weighted by atomic mass is 10.1. The number of nitrogens with one attached hydrogen (secondary N) is 1. The predicted molar refractivity (Wildman–Crippen MR) is 125 cm³/mol. The average Bonchev–Trinajstić information content (AvgIpc) is 2.79. The number of benzene rings is 2. The minimum absolute atomic E-state index is 0.764. The van der Waals surface area contributed by atoms with Crippen molar-refractivity contribution in [2.24, 2.45) is 0 Å². The minimum Gasteiger partial charge on any atom is -0.366 e. The molecule has 0 aliphatic carbocycles. The van der Waals surface area contributed by atoms with Gasteiger partial charge < -0.3 is 10.2 Å². The molecule has 1 saturated heterocycles. The average molecular weight is 400 g/mol. The van der Waals surface area contributed by atoms with E-state index in [0.29, 0.717) is 0 Å². The Balaban J connectivity index is 1.27. The zero-order valence-electron chi connectivity index (χ0n) is 17.5. The Morgan fingerprint density at radius 1 is 0.967 bits per heavy atom. The topological polar surface area (TPSA) is 44.3 Å². The second kappa shape index (κ2) is 10.0. The van der Waals surface area contributed by atoms with E-state index in [4.69, 9.17) is 4.98 Å². The zero-order valence-corrected chi connectivity index (χ0v) is 17.5. The molecule has 0 amide bonds. The maximum atomic E-state index is 4.73. The van der Waals surface area contributed by atoms with E-state index in [1.54, 1.807) is 0 Å². The highest BCUT2D eigenvalue weighted by atomic mass is 15.3. The first-order valence-corrected chi connectivity index (χ1v) is 10.6. The summed E-state index contributed by atoms with van der Waals surface area (Å²) in [4.78, 5) is 14.0. The summed E-state index contributed by atoms with van der Waals surface area (Å²) in [5, 5.41) is 3.42. The molecule has 1 fully saturated rings. The van der Waals surface area contributed by atoms with Crippen LogP contribution in [0.25, 0.3) is 6.08 Å². The van der Waals surface area contributed by atoms with Gasteiger partial charge in [-0.1, -0.05) is 72.3 Å². The van der Waals surface area contributed by atoms with Gasteiger partial charge in [0.2, 0.25) is 5.95 Å². The first-order chi connectivity index (χ1) is 14.8. The van der Waals surface area contributed by atoms with Crippen LogP contribution in [0.15, 0.2) is 72.9 Å². The molecule has 0 spiro atoms. The Hall–Kier alpha value is -3.18. The summed E-state index contributed by atoms with van der Waals surface area (Å²) in [6.45, 7) is 7.78. The second-order valence-electron chi connectivity index (χ2n) is 7.69. The van der Waals surface area contributed by atoms with Gasteiger partial charge in [0, 0.05) is 45.5 Å². The fourth-order valence-corrected chi connectivity index (χ4v) is 3.65. The standard InChI is InChI=1S/C25H29N5/c1-21-7-5-10-23(19-21)20-27-24-12-13-26-25(28-24)30-17-15-29(16-18-30)14-6-11-22-8-3-2-4-9-22/h2-13,19H,14-18,20H2,1H3,(H,26,27,28)/b11-6+. The van der Waals surface area contributed by atoms with Crippen LogP contribution in [0.1, 0.15) is 16.7 Å². The Morgan fingerprint density at radius 2 is 1.80 bits per heavy atom. The van der Waals surface area contributed by atoms with Crippen molar-refractivity contribution in [2.75, 3.05) is 42.9 Å². The van der Waals surface area contributed by atoms with Crippen molar-refractivity contribution in [3.63, 3.8) is 0 Å². The number of rotatable bonds is 7.